The Morgan fingerprint density at radius 3 is 2.58 bits per heavy atom. The van der Waals surface area contributed by atoms with Crippen LogP contribution in [0.25, 0.3) is 21.7 Å². The van der Waals surface area contributed by atoms with Crippen LogP contribution in [0.2, 0.25) is 0 Å². The van der Waals surface area contributed by atoms with Crippen molar-refractivity contribution >= 4 is 33.3 Å². The third kappa shape index (κ3) is 1.87. The number of fused-ring (bicyclic) bond motifs is 3. The second-order valence-electron chi connectivity index (χ2n) is 4.23. The van der Waals surface area contributed by atoms with Gasteiger partial charge in [0.1, 0.15) is 11.3 Å². The molecule has 0 aliphatic rings. The summed E-state index contributed by atoms with van der Waals surface area (Å²) in [7, 11) is 1.62. The minimum Gasteiger partial charge on any atom is -0.496 e. The predicted octanol–water partition coefficient (Wildman–Crippen LogP) is 3.69. The highest BCUT2D eigenvalue weighted by Crippen LogP contribution is 2.34. The second-order valence-corrected chi connectivity index (χ2v) is 4.49. The standard InChI is InChI=1S/C15H11ClO3/c1-18-13-7-12-9(8-16)6-14(17)19-15(12)11-5-3-2-4-10(11)13/h2-7H,8H2,1H3. The predicted molar refractivity (Wildman–Crippen MR) is 76.1 cm³/mol. The second kappa shape index (κ2) is 4.59. The van der Waals surface area contributed by atoms with Crippen molar-refractivity contribution in [1.82, 2.24) is 0 Å². The van der Waals surface area contributed by atoms with Crippen molar-refractivity contribution in [2.24, 2.45) is 0 Å². The molecule has 0 aliphatic heterocycles. The van der Waals surface area contributed by atoms with Crippen molar-refractivity contribution in [2.75, 3.05) is 7.11 Å². The molecule has 0 spiro atoms. The molecule has 0 saturated carbocycles. The lowest BCUT2D eigenvalue weighted by molar-refractivity contribution is 0.420. The van der Waals surface area contributed by atoms with E-state index in [2.05, 4.69) is 0 Å². The summed E-state index contributed by atoms with van der Waals surface area (Å²) in [5.41, 5.74) is 0.912. The van der Waals surface area contributed by atoms with Gasteiger partial charge in [-0.1, -0.05) is 24.3 Å². The molecule has 0 saturated heterocycles. The van der Waals surface area contributed by atoms with Gasteiger partial charge in [0.2, 0.25) is 0 Å². The Bertz CT molecular complexity index is 821. The van der Waals surface area contributed by atoms with Crippen molar-refractivity contribution in [3.63, 3.8) is 0 Å². The molecule has 3 aromatic rings. The summed E-state index contributed by atoms with van der Waals surface area (Å²) in [6.45, 7) is 0. The third-order valence-corrected chi connectivity index (χ3v) is 3.45. The molecule has 0 N–H and O–H groups in total. The van der Waals surface area contributed by atoms with Crippen LogP contribution in [0.15, 0.2) is 45.6 Å². The van der Waals surface area contributed by atoms with Crippen molar-refractivity contribution in [3.05, 3.63) is 52.4 Å². The van der Waals surface area contributed by atoms with Crippen molar-refractivity contribution in [2.45, 2.75) is 5.88 Å². The highest BCUT2D eigenvalue weighted by molar-refractivity contribution is 6.18. The SMILES string of the molecule is COc1cc2c(CCl)cc(=O)oc2c2ccccc12. The molecule has 0 atom stereocenters. The molecule has 3 rings (SSSR count). The molecule has 1 aromatic heterocycles. The maximum Gasteiger partial charge on any atom is 0.336 e. The van der Waals surface area contributed by atoms with Crippen LogP contribution in [0.4, 0.5) is 0 Å². The fourth-order valence-electron chi connectivity index (χ4n) is 2.29. The number of ether oxygens (including phenoxy) is 1. The quantitative estimate of drug-likeness (QED) is 0.406. The van der Waals surface area contributed by atoms with Gasteiger partial charge in [0.15, 0.2) is 0 Å². The van der Waals surface area contributed by atoms with Crippen LogP contribution in [0.5, 0.6) is 5.75 Å². The summed E-state index contributed by atoms with van der Waals surface area (Å²) >= 11 is 5.90. The average molecular weight is 275 g/mol. The van der Waals surface area contributed by atoms with Gasteiger partial charge in [-0.2, -0.15) is 0 Å². The van der Waals surface area contributed by atoms with E-state index in [1.807, 2.05) is 30.3 Å². The van der Waals surface area contributed by atoms with E-state index in [9.17, 15) is 4.79 Å². The molecule has 0 radical (unpaired) electrons. The summed E-state index contributed by atoms with van der Waals surface area (Å²) in [6, 6.07) is 10.9. The molecule has 0 fully saturated rings. The fraction of sp³-hybridized carbons (Fsp3) is 0.133. The molecule has 19 heavy (non-hydrogen) atoms. The van der Waals surface area contributed by atoms with Crippen LogP contribution in [-0.4, -0.2) is 7.11 Å². The highest BCUT2D eigenvalue weighted by Gasteiger charge is 2.12. The average Bonchev–Trinajstić information content (AvgIpc) is 2.45. The van der Waals surface area contributed by atoms with E-state index in [0.29, 0.717) is 5.58 Å². The Kier molecular flexibility index (Phi) is 2.91. The van der Waals surface area contributed by atoms with E-state index in [0.717, 1.165) is 27.5 Å². The van der Waals surface area contributed by atoms with Crippen LogP contribution in [0, 0.1) is 0 Å². The zero-order valence-electron chi connectivity index (χ0n) is 10.3. The number of benzene rings is 2. The Labute approximate surface area is 114 Å². The van der Waals surface area contributed by atoms with Gasteiger partial charge in [-0.3, -0.25) is 0 Å². The van der Waals surface area contributed by atoms with E-state index in [4.69, 9.17) is 20.8 Å². The molecular weight excluding hydrogens is 264 g/mol. The van der Waals surface area contributed by atoms with E-state index < -0.39 is 5.63 Å². The van der Waals surface area contributed by atoms with E-state index in [1.165, 1.54) is 6.07 Å². The minimum absolute atomic E-state index is 0.254. The van der Waals surface area contributed by atoms with Crippen molar-refractivity contribution in [1.29, 1.82) is 0 Å². The first-order valence-corrected chi connectivity index (χ1v) is 6.36. The summed E-state index contributed by atoms with van der Waals surface area (Å²) in [5.74, 6) is 0.993. The van der Waals surface area contributed by atoms with Gasteiger partial charge < -0.3 is 9.15 Å². The summed E-state index contributed by atoms with van der Waals surface area (Å²) in [6.07, 6.45) is 0. The van der Waals surface area contributed by atoms with Crippen molar-refractivity contribution < 1.29 is 9.15 Å². The molecule has 0 amide bonds. The summed E-state index contributed by atoms with van der Waals surface area (Å²) < 4.78 is 10.7. The first-order chi connectivity index (χ1) is 9.24. The van der Waals surface area contributed by atoms with Crippen LogP contribution in [0.1, 0.15) is 5.56 Å². The van der Waals surface area contributed by atoms with Gasteiger partial charge >= 0.3 is 5.63 Å². The number of alkyl halides is 1. The van der Waals surface area contributed by atoms with E-state index in [-0.39, 0.29) is 5.88 Å². The van der Waals surface area contributed by atoms with Crippen molar-refractivity contribution in [3.8, 4) is 5.75 Å². The molecular formula is C15H11ClO3. The Balaban J connectivity index is 2.59. The molecule has 1 heterocycles. The summed E-state index contributed by atoms with van der Waals surface area (Å²) in [4.78, 5) is 11.6. The van der Waals surface area contributed by atoms with Crippen LogP contribution >= 0.6 is 11.6 Å². The maximum atomic E-state index is 11.6. The van der Waals surface area contributed by atoms with Gasteiger partial charge in [0.25, 0.3) is 0 Å². The van der Waals surface area contributed by atoms with Crippen LogP contribution in [-0.2, 0) is 5.88 Å². The molecule has 4 heteroatoms. The molecule has 2 aromatic carbocycles. The molecule has 3 nitrogen and oxygen atoms in total. The number of hydrogen-bond acceptors (Lipinski definition) is 3. The number of halogens is 1. The Morgan fingerprint density at radius 1 is 1.16 bits per heavy atom. The zero-order valence-corrected chi connectivity index (χ0v) is 11.0. The molecule has 0 unspecified atom stereocenters. The topological polar surface area (TPSA) is 39.4 Å². The smallest absolute Gasteiger partial charge is 0.336 e. The fourth-order valence-corrected chi connectivity index (χ4v) is 2.51. The van der Waals surface area contributed by atoms with Gasteiger partial charge in [-0.25, -0.2) is 4.79 Å². The van der Waals surface area contributed by atoms with Gasteiger partial charge in [0.05, 0.1) is 7.11 Å². The highest BCUT2D eigenvalue weighted by atomic mass is 35.5. The lowest BCUT2D eigenvalue weighted by Gasteiger charge is -2.10. The Hall–Kier alpha value is -2.00. The van der Waals surface area contributed by atoms with E-state index >= 15 is 0 Å². The lowest BCUT2D eigenvalue weighted by atomic mass is 10.0. The van der Waals surface area contributed by atoms with Gasteiger partial charge in [-0.05, 0) is 11.6 Å². The molecule has 96 valence electrons. The molecule has 0 aliphatic carbocycles. The Morgan fingerprint density at radius 2 is 1.89 bits per heavy atom. The monoisotopic (exact) mass is 274 g/mol. The van der Waals surface area contributed by atoms with E-state index in [1.54, 1.807) is 7.11 Å². The zero-order chi connectivity index (χ0) is 13.4. The number of rotatable bonds is 2. The van der Waals surface area contributed by atoms with Gasteiger partial charge in [-0.15, -0.1) is 11.6 Å². The first-order valence-electron chi connectivity index (χ1n) is 5.83. The number of hydrogen-bond donors (Lipinski definition) is 0. The van der Waals surface area contributed by atoms with Crippen LogP contribution < -0.4 is 10.4 Å². The number of methoxy groups -OCH3 is 1. The van der Waals surface area contributed by atoms with Crippen LogP contribution in [0.3, 0.4) is 0 Å². The normalized spacial score (nSPS) is 11.1. The summed E-state index contributed by atoms with van der Waals surface area (Å²) in [5, 5.41) is 2.57. The largest absolute Gasteiger partial charge is 0.496 e. The minimum atomic E-state index is -0.390. The third-order valence-electron chi connectivity index (χ3n) is 3.16. The molecule has 0 bridgehead atoms. The lowest BCUT2D eigenvalue weighted by Crippen LogP contribution is -2.00. The maximum absolute atomic E-state index is 11.6. The first kappa shape index (κ1) is 12.1. The van der Waals surface area contributed by atoms with Gasteiger partial charge in [0, 0.05) is 28.1 Å².